The van der Waals surface area contributed by atoms with Gasteiger partial charge in [0.1, 0.15) is 32.0 Å². The highest BCUT2D eigenvalue weighted by Gasteiger charge is 2.46. The second-order valence-electron chi connectivity index (χ2n) is 15.5. The van der Waals surface area contributed by atoms with Gasteiger partial charge in [-0.3, -0.25) is 9.89 Å². The van der Waals surface area contributed by atoms with E-state index >= 15 is 0 Å². The van der Waals surface area contributed by atoms with Gasteiger partial charge in [0.2, 0.25) is 0 Å². The lowest BCUT2D eigenvalue weighted by molar-refractivity contribution is 0.0705. The SMILES string of the molecule is N[C@H](CN1CCCC1)[C@H](O)c1ccc2c(c1)OC([C@H]1CC1Cc1ccc(C(CO)N=C(CN3CCCC3)[C@H](O)c3ccc4c(c3)OCCO4)cc1)CO2. The number of nitrogens with zero attached hydrogens (tertiary/aromatic N) is 3. The molecule has 5 N–H and O–H groups in total. The summed E-state index contributed by atoms with van der Waals surface area (Å²) in [6.45, 7) is 6.58. The van der Waals surface area contributed by atoms with E-state index in [1.54, 1.807) is 0 Å². The quantitative estimate of drug-likeness (QED) is 0.178. The van der Waals surface area contributed by atoms with Gasteiger partial charge in [0.15, 0.2) is 23.0 Å². The van der Waals surface area contributed by atoms with Crippen molar-refractivity contribution in [2.24, 2.45) is 22.6 Å². The highest BCUT2D eigenvalue weighted by Crippen LogP contribution is 2.47. The lowest BCUT2D eigenvalue weighted by Gasteiger charge is -2.29. The summed E-state index contributed by atoms with van der Waals surface area (Å²) in [7, 11) is 0. The number of rotatable bonds is 14. The van der Waals surface area contributed by atoms with Crippen LogP contribution in [0.5, 0.6) is 23.0 Å². The molecule has 284 valence electrons. The monoisotopic (exact) mass is 726 g/mol. The first-order valence-electron chi connectivity index (χ1n) is 19.6. The van der Waals surface area contributed by atoms with Gasteiger partial charge < -0.3 is 44.9 Å². The molecule has 7 atom stereocenters. The molecule has 0 aromatic heterocycles. The summed E-state index contributed by atoms with van der Waals surface area (Å²) in [6.07, 6.45) is 4.90. The Bertz CT molecular complexity index is 1720. The molecule has 4 heterocycles. The number of hydrogen-bond acceptors (Lipinski definition) is 11. The number of likely N-dealkylation sites (tertiary alicyclic amines) is 2. The maximum absolute atomic E-state index is 11.6. The highest BCUT2D eigenvalue weighted by molar-refractivity contribution is 5.91. The summed E-state index contributed by atoms with van der Waals surface area (Å²) in [6, 6.07) is 18.7. The summed E-state index contributed by atoms with van der Waals surface area (Å²) >= 11 is 0. The van der Waals surface area contributed by atoms with Crippen LogP contribution in [-0.4, -0.2) is 109 Å². The van der Waals surface area contributed by atoms with Gasteiger partial charge in [0.25, 0.3) is 0 Å². The molecule has 53 heavy (non-hydrogen) atoms. The van der Waals surface area contributed by atoms with Crippen molar-refractivity contribution >= 4 is 5.71 Å². The van der Waals surface area contributed by atoms with Crippen molar-refractivity contribution in [2.45, 2.75) is 68.9 Å². The van der Waals surface area contributed by atoms with Crippen LogP contribution in [0.1, 0.15) is 72.6 Å². The zero-order chi connectivity index (χ0) is 36.3. The van der Waals surface area contributed by atoms with Gasteiger partial charge in [0, 0.05) is 25.0 Å². The van der Waals surface area contributed by atoms with Gasteiger partial charge in [-0.2, -0.15) is 0 Å². The Morgan fingerprint density at radius 3 is 2.15 bits per heavy atom. The van der Waals surface area contributed by atoms with Crippen LogP contribution in [0.15, 0.2) is 65.7 Å². The number of aliphatic hydroxyl groups excluding tert-OH is 3. The fraction of sp³-hybridized carbons (Fsp3) is 0.548. The minimum atomic E-state index is -0.932. The average molecular weight is 727 g/mol. The van der Waals surface area contributed by atoms with Crippen LogP contribution in [0.3, 0.4) is 0 Å². The van der Waals surface area contributed by atoms with Gasteiger partial charge >= 0.3 is 0 Å². The molecule has 4 aliphatic heterocycles. The van der Waals surface area contributed by atoms with Crippen molar-refractivity contribution in [1.29, 1.82) is 0 Å². The summed E-state index contributed by atoms with van der Waals surface area (Å²) in [4.78, 5) is 9.65. The third kappa shape index (κ3) is 8.51. The Morgan fingerprint density at radius 1 is 0.774 bits per heavy atom. The van der Waals surface area contributed by atoms with Crippen molar-refractivity contribution in [2.75, 3.05) is 65.7 Å². The van der Waals surface area contributed by atoms with Crippen LogP contribution in [0.2, 0.25) is 0 Å². The maximum Gasteiger partial charge on any atom is 0.162 e. The molecule has 0 spiro atoms. The summed E-state index contributed by atoms with van der Waals surface area (Å²) < 4.78 is 24.1. The molecule has 1 aliphatic carbocycles. The smallest absolute Gasteiger partial charge is 0.162 e. The van der Waals surface area contributed by atoms with E-state index in [1.165, 1.54) is 18.4 Å². The molecule has 11 heteroatoms. The average Bonchev–Trinajstić information content (AvgIpc) is 3.48. The molecule has 2 saturated heterocycles. The first-order chi connectivity index (χ1) is 25.9. The number of aliphatic hydroxyl groups is 3. The lowest BCUT2D eigenvalue weighted by atomic mass is 10.00. The van der Waals surface area contributed by atoms with Crippen LogP contribution in [0.4, 0.5) is 0 Å². The molecule has 3 fully saturated rings. The Hall–Kier alpha value is -3.71. The molecule has 0 radical (unpaired) electrons. The van der Waals surface area contributed by atoms with Gasteiger partial charge in [-0.05, 0) is 117 Å². The Kier molecular flexibility index (Phi) is 11.2. The molecule has 1 saturated carbocycles. The minimum absolute atomic E-state index is 0.0415. The summed E-state index contributed by atoms with van der Waals surface area (Å²) in [5.41, 5.74) is 10.7. The predicted molar refractivity (Wildman–Crippen MR) is 202 cm³/mol. The third-order valence-corrected chi connectivity index (χ3v) is 11.7. The van der Waals surface area contributed by atoms with Gasteiger partial charge in [-0.15, -0.1) is 0 Å². The number of hydrogen-bond donors (Lipinski definition) is 4. The second-order valence-corrected chi connectivity index (χ2v) is 15.5. The van der Waals surface area contributed by atoms with Crippen molar-refractivity contribution in [3.63, 3.8) is 0 Å². The molecule has 3 aromatic rings. The van der Waals surface area contributed by atoms with Crippen molar-refractivity contribution < 1.29 is 34.3 Å². The van der Waals surface area contributed by atoms with E-state index in [1.807, 2.05) is 36.4 Å². The van der Waals surface area contributed by atoms with Gasteiger partial charge in [-0.25, -0.2) is 0 Å². The van der Waals surface area contributed by atoms with Gasteiger partial charge in [-0.1, -0.05) is 36.4 Å². The number of nitrogens with two attached hydrogens (primary N) is 1. The normalized spacial score (nSPS) is 25.2. The van der Waals surface area contributed by atoms with E-state index in [4.69, 9.17) is 29.7 Å². The van der Waals surface area contributed by atoms with Crippen molar-refractivity contribution in [3.8, 4) is 23.0 Å². The van der Waals surface area contributed by atoms with Gasteiger partial charge in [0.05, 0.1) is 24.5 Å². The summed E-state index contributed by atoms with van der Waals surface area (Å²) in [5, 5.41) is 33.2. The Morgan fingerprint density at radius 2 is 1.42 bits per heavy atom. The molecule has 3 aromatic carbocycles. The lowest BCUT2D eigenvalue weighted by Crippen LogP contribution is -2.40. The van der Waals surface area contributed by atoms with Crippen LogP contribution in [0, 0.1) is 11.8 Å². The van der Waals surface area contributed by atoms with E-state index in [-0.39, 0.29) is 18.8 Å². The number of ether oxygens (including phenoxy) is 4. The second kappa shape index (κ2) is 16.3. The van der Waals surface area contributed by atoms with Crippen molar-refractivity contribution in [3.05, 3.63) is 82.9 Å². The molecule has 0 amide bonds. The first-order valence-corrected chi connectivity index (χ1v) is 19.6. The molecule has 11 nitrogen and oxygen atoms in total. The highest BCUT2D eigenvalue weighted by atomic mass is 16.6. The molecular weight excluding hydrogens is 672 g/mol. The van der Waals surface area contributed by atoms with Crippen LogP contribution < -0.4 is 24.7 Å². The van der Waals surface area contributed by atoms with E-state index in [0.717, 1.165) is 63.0 Å². The zero-order valence-corrected chi connectivity index (χ0v) is 30.5. The number of fused-ring (bicyclic) bond motifs is 2. The Balaban J connectivity index is 0.895. The topological polar surface area (TPSA) is 142 Å². The molecule has 0 bridgehead atoms. The zero-order valence-electron chi connectivity index (χ0n) is 30.5. The third-order valence-electron chi connectivity index (χ3n) is 11.7. The van der Waals surface area contributed by atoms with Crippen LogP contribution in [0.25, 0.3) is 0 Å². The Labute approximate surface area is 312 Å². The van der Waals surface area contributed by atoms with Crippen molar-refractivity contribution in [1.82, 2.24) is 9.80 Å². The van der Waals surface area contributed by atoms with E-state index in [2.05, 4.69) is 34.1 Å². The van der Waals surface area contributed by atoms with Crippen LogP contribution in [-0.2, 0) is 6.42 Å². The standard InChI is InChI=1S/C42H54N4O7/c43-33(23-45-13-1-2-14-45)41(48)29-9-12-37-39(22-29)53-40(26-52-37)32-20-31(32)19-27-5-7-28(8-6-27)35(25-47)44-34(24-46-15-3-4-16-46)42(49)30-10-11-36-38(21-30)51-18-17-50-36/h5-12,21-22,31-33,35,40-42,47-49H,1-4,13-20,23-26,43H2/t31?,32-,33+,35?,40?,41+,42+/m0/s1. The molecule has 8 rings (SSSR count). The fourth-order valence-electron chi connectivity index (χ4n) is 8.46. The van der Waals surface area contributed by atoms with E-state index < -0.39 is 18.2 Å². The van der Waals surface area contributed by atoms with E-state index in [9.17, 15) is 15.3 Å². The molecule has 3 unspecified atom stereocenters. The molecule has 5 aliphatic rings. The maximum atomic E-state index is 11.6. The molecular formula is C42H54N4O7. The predicted octanol–water partition coefficient (Wildman–Crippen LogP) is 4.24. The minimum Gasteiger partial charge on any atom is -0.486 e. The largest absolute Gasteiger partial charge is 0.486 e. The first kappa shape index (κ1) is 36.3. The van der Waals surface area contributed by atoms with E-state index in [0.29, 0.717) is 79.0 Å². The number of aliphatic imine (C=N–C) groups is 1. The number of benzene rings is 3. The summed E-state index contributed by atoms with van der Waals surface area (Å²) in [5.74, 6) is 3.57. The fourth-order valence-corrected chi connectivity index (χ4v) is 8.46. The van der Waals surface area contributed by atoms with Crippen LogP contribution >= 0.6 is 0 Å².